The van der Waals surface area contributed by atoms with Crippen LogP contribution in [0.2, 0.25) is 0 Å². The van der Waals surface area contributed by atoms with Crippen molar-refractivity contribution >= 4 is 17.3 Å². The van der Waals surface area contributed by atoms with Gasteiger partial charge in [0.25, 0.3) is 5.91 Å². The van der Waals surface area contributed by atoms with Crippen LogP contribution in [0, 0.1) is 0 Å². The van der Waals surface area contributed by atoms with Crippen LogP contribution in [0.4, 0.5) is 5.69 Å². The first-order valence-corrected chi connectivity index (χ1v) is 8.06. The van der Waals surface area contributed by atoms with Gasteiger partial charge in [0, 0.05) is 5.57 Å². The lowest BCUT2D eigenvalue weighted by Crippen LogP contribution is -2.21. The number of carbonyl (C=O) groups is 1. The number of azo groups is 1. The summed E-state index contributed by atoms with van der Waals surface area (Å²) in [5, 5.41) is 14.2. The lowest BCUT2D eigenvalue weighted by atomic mass is 9.97. The third kappa shape index (κ3) is 2.80. The molecule has 122 valence electrons. The molecule has 2 aromatic rings. The van der Waals surface area contributed by atoms with E-state index in [4.69, 9.17) is 0 Å². The van der Waals surface area contributed by atoms with Gasteiger partial charge >= 0.3 is 0 Å². The molecule has 2 aliphatic rings. The van der Waals surface area contributed by atoms with Crippen LogP contribution in [0.25, 0.3) is 0 Å². The second-order valence-electron chi connectivity index (χ2n) is 5.87. The van der Waals surface area contributed by atoms with Gasteiger partial charge in [-0.1, -0.05) is 48.5 Å². The zero-order valence-electron chi connectivity index (χ0n) is 13.7. The fourth-order valence-electron chi connectivity index (χ4n) is 2.91. The summed E-state index contributed by atoms with van der Waals surface area (Å²) in [4.78, 5) is 12.8. The van der Waals surface area contributed by atoms with E-state index >= 15 is 0 Å². The zero-order valence-corrected chi connectivity index (χ0v) is 13.7. The van der Waals surface area contributed by atoms with Crippen molar-refractivity contribution in [1.82, 2.24) is 0 Å². The van der Waals surface area contributed by atoms with Crippen LogP contribution in [-0.4, -0.2) is 11.6 Å². The molecule has 2 aromatic carbocycles. The molecule has 1 atom stereocenters. The third-order valence-corrected chi connectivity index (χ3v) is 4.19. The minimum absolute atomic E-state index is 0.136. The molecular weight excluding hydrogens is 312 g/mol. The Labute approximate surface area is 145 Å². The average molecular weight is 328 g/mol. The summed E-state index contributed by atoms with van der Waals surface area (Å²) in [7, 11) is 0. The summed E-state index contributed by atoms with van der Waals surface area (Å²) >= 11 is 0. The highest BCUT2D eigenvalue weighted by molar-refractivity contribution is 6.30. The van der Waals surface area contributed by atoms with E-state index in [2.05, 4.69) is 15.3 Å². The number of hydrazone groups is 1. The number of rotatable bonds is 3. The Bertz CT molecular complexity index is 927. The summed E-state index contributed by atoms with van der Waals surface area (Å²) < 4.78 is 0. The highest BCUT2D eigenvalue weighted by Crippen LogP contribution is 2.33. The molecule has 0 radical (unpaired) electrons. The number of para-hydroxylation sites is 1. The molecule has 0 saturated heterocycles. The molecular formula is C20H16N4O. The van der Waals surface area contributed by atoms with Crippen molar-refractivity contribution in [2.45, 2.75) is 13.0 Å². The number of carbonyl (C=O) groups excluding carboxylic acids is 1. The number of amides is 1. The normalized spacial score (nSPS) is 21.0. The van der Waals surface area contributed by atoms with Crippen molar-refractivity contribution in [3.05, 3.63) is 89.6 Å². The number of hydrogen-bond acceptors (Lipinski definition) is 4. The SMILES string of the molecule is CC1=NN(c2ccccc2)C(=O)/C1=C\C1=CN=NC1c1ccccc1. The van der Waals surface area contributed by atoms with Crippen LogP contribution in [0.5, 0.6) is 0 Å². The maximum atomic E-state index is 12.8. The molecule has 1 unspecified atom stereocenters. The van der Waals surface area contributed by atoms with E-state index < -0.39 is 0 Å². The van der Waals surface area contributed by atoms with Crippen LogP contribution in [-0.2, 0) is 4.79 Å². The molecule has 4 rings (SSSR count). The molecule has 25 heavy (non-hydrogen) atoms. The van der Waals surface area contributed by atoms with Gasteiger partial charge in [-0.25, -0.2) is 0 Å². The minimum atomic E-state index is -0.180. The molecule has 5 nitrogen and oxygen atoms in total. The van der Waals surface area contributed by atoms with E-state index in [-0.39, 0.29) is 11.9 Å². The van der Waals surface area contributed by atoms with E-state index in [1.165, 1.54) is 5.01 Å². The van der Waals surface area contributed by atoms with Crippen LogP contribution < -0.4 is 5.01 Å². The second kappa shape index (κ2) is 6.28. The minimum Gasteiger partial charge on any atom is -0.267 e. The Morgan fingerprint density at radius 1 is 1.00 bits per heavy atom. The van der Waals surface area contributed by atoms with E-state index in [0.29, 0.717) is 11.3 Å². The second-order valence-corrected chi connectivity index (χ2v) is 5.87. The summed E-state index contributed by atoms with van der Waals surface area (Å²) in [5.41, 5.74) is 3.95. The van der Waals surface area contributed by atoms with Crippen LogP contribution in [0.1, 0.15) is 18.5 Å². The number of nitrogens with zero attached hydrogens (tertiary/aromatic N) is 4. The van der Waals surface area contributed by atoms with Gasteiger partial charge in [-0.15, -0.1) is 0 Å². The van der Waals surface area contributed by atoms with Gasteiger partial charge in [-0.2, -0.15) is 20.3 Å². The van der Waals surface area contributed by atoms with Crippen molar-refractivity contribution in [2.24, 2.45) is 15.3 Å². The Kier molecular flexibility index (Phi) is 3.82. The van der Waals surface area contributed by atoms with Gasteiger partial charge in [-0.3, -0.25) is 4.79 Å². The topological polar surface area (TPSA) is 57.4 Å². The fraction of sp³-hybridized carbons (Fsp3) is 0.100. The first-order valence-electron chi connectivity index (χ1n) is 8.06. The Balaban J connectivity index is 1.64. The van der Waals surface area contributed by atoms with Crippen LogP contribution in [0.15, 0.2) is 99.4 Å². The van der Waals surface area contributed by atoms with E-state index in [1.54, 1.807) is 6.20 Å². The Morgan fingerprint density at radius 2 is 1.68 bits per heavy atom. The van der Waals surface area contributed by atoms with Gasteiger partial charge < -0.3 is 0 Å². The highest BCUT2D eigenvalue weighted by Gasteiger charge is 2.30. The predicted molar refractivity (Wildman–Crippen MR) is 97.2 cm³/mol. The molecule has 0 fully saturated rings. The lowest BCUT2D eigenvalue weighted by molar-refractivity contribution is -0.114. The van der Waals surface area contributed by atoms with E-state index in [0.717, 1.165) is 16.8 Å². The van der Waals surface area contributed by atoms with Crippen molar-refractivity contribution in [3.63, 3.8) is 0 Å². The molecule has 2 aliphatic heterocycles. The lowest BCUT2D eigenvalue weighted by Gasteiger charge is -2.12. The van der Waals surface area contributed by atoms with E-state index in [9.17, 15) is 4.79 Å². The first-order chi connectivity index (χ1) is 12.2. The van der Waals surface area contributed by atoms with Crippen molar-refractivity contribution in [3.8, 4) is 0 Å². The van der Waals surface area contributed by atoms with Crippen LogP contribution in [0.3, 0.4) is 0 Å². The molecule has 0 spiro atoms. The standard InChI is InChI=1S/C20H16N4O/c1-14-18(20(25)24(23-14)17-10-6-3-7-11-17)12-16-13-21-22-19(16)15-8-4-2-5-9-15/h2-13,19H,1H3/b18-12-. The Hall–Kier alpha value is -3.34. The molecule has 5 heteroatoms. The van der Waals surface area contributed by atoms with Crippen molar-refractivity contribution in [1.29, 1.82) is 0 Å². The number of benzene rings is 2. The fourth-order valence-corrected chi connectivity index (χ4v) is 2.91. The quantitative estimate of drug-likeness (QED) is 0.769. The predicted octanol–water partition coefficient (Wildman–Crippen LogP) is 4.43. The zero-order chi connectivity index (χ0) is 17.2. The smallest absolute Gasteiger partial charge is 0.267 e. The highest BCUT2D eigenvalue weighted by atomic mass is 16.2. The molecule has 0 saturated carbocycles. The summed E-state index contributed by atoms with van der Waals surface area (Å²) in [6.45, 7) is 1.84. The van der Waals surface area contributed by atoms with E-state index in [1.807, 2.05) is 73.7 Å². The van der Waals surface area contributed by atoms with Gasteiger partial charge in [0.1, 0.15) is 6.04 Å². The summed E-state index contributed by atoms with van der Waals surface area (Å²) in [6.07, 6.45) is 3.55. The monoisotopic (exact) mass is 328 g/mol. The van der Waals surface area contributed by atoms with Gasteiger partial charge in [0.05, 0.1) is 23.2 Å². The molecule has 0 bridgehead atoms. The molecule has 0 aliphatic carbocycles. The van der Waals surface area contributed by atoms with Gasteiger partial charge in [0.2, 0.25) is 0 Å². The summed E-state index contributed by atoms with van der Waals surface area (Å²) in [6, 6.07) is 19.2. The summed E-state index contributed by atoms with van der Waals surface area (Å²) in [5.74, 6) is -0.136. The molecule has 0 aromatic heterocycles. The first kappa shape index (κ1) is 15.2. The molecule has 0 N–H and O–H groups in total. The third-order valence-electron chi connectivity index (χ3n) is 4.19. The molecule has 2 heterocycles. The Morgan fingerprint density at radius 3 is 2.40 bits per heavy atom. The maximum Gasteiger partial charge on any atom is 0.280 e. The largest absolute Gasteiger partial charge is 0.280 e. The van der Waals surface area contributed by atoms with Crippen LogP contribution >= 0.6 is 0 Å². The number of hydrogen-bond donors (Lipinski definition) is 0. The van der Waals surface area contributed by atoms with Crippen molar-refractivity contribution < 1.29 is 4.79 Å². The van der Waals surface area contributed by atoms with Gasteiger partial charge in [-0.05, 0) is 30.7 Å². The average Bonchev–Trinajstić information content (AvgIpc) is 3.23. The van der Waals surface area contributed by atoms with Gasteiger partial charge in [0.15, 0.2) is 0 Å². The molecule has 1 amide bonds. The van der Waals surface area contributed by atoms with Crippen molar-refractivity contribution in [2.75, 3.05) is 5.01 Å². The maximum absolute atomic E-state index is 12.8. The number of anilines is 1.